The van der Waals surface area contributed by atoms with Crippen LogP contribution in [0.5, 0.6) is 0 Å². The minimum absolute atomic E-state index is 0.148. The monoisotopic (exact) mass is 333 g/mol. The van der Waals surface area contributed by atoms with E-state index in [9.17, 15) is 4.79 Å². The van der Waals surface area contributed by atoms with Crippen molar-refractivity contribution in [3.05, 3.63) is 35.9 Å². The summed E-state index contributed by atoms with van der Waals surface area (Å²) in [5, 5.41) is 19.0. The van der Waals surface area contributed by atoms with Gasteiger partial charge in [0.25, 0.3) is 0 Å². The van der Waals surface area contributed by atoms with Crippen molar-refractivity contribution in [2.45, 2.75) is 18.6 Å². The van der Waals surface area contributed by atoms with E-state index in [1.807, 2.05) is 19.1 Å². The Morgan fingerprint density at radius 2 is 2.35 bits per heavy atom. The van der Waals surface area contributed by atoms with E-state index in [1.165, 1.54) is 11.8 Å². The fourth-order valence-corrected chi connectivity index (χ4v) is 2.66. The van der Waals surface area contributed by atoms with Crippen molar-refractivity contribution in [3.8, 4) is 0 Å². The third kappa shape index (κ3) is 3.77. The highest BCUT2D eigenvalue weighted by molar-refractivity contribution is 7.99. The number of hydrogen-bond acceptors (Lipinski definition) is 7. The molecular formula is C13H15N7O2S. The van der Waals surface area contributed by atoms with Gasteiger partial charge < -0.3 is 9.73 Å². The standard InChI is InChI=1S/C13H15N7O2S/c1-9-6-11(19(2)16-9)14-12(21)8-23-13-15-17-18-20(13)7-10-4-3-5-22-10/h3-6H,7-8H2,1-2H3,(H,14,21). The van der Waals surface area contributed by atoms with Crippen molar-refractivity contribution in [3.63, 3.8) is 0 Å². The largest absolute Gasteiger partial charge is 0.467 e. The Labute approximate surface area is 136 Å². The summed E-state index contributed by atoms with van der Waals surface area (Å²) in [5.41, 5.74) is 0.845. The number of carbonyl (C=O) groups excluding carboxylic acids is 1. The molecule has 1 N–H and O–H groups in total. The summed E-state index contributed by atoms with van der Waals surface area (Å²) >= 11 is 1.26. The number of carbonyl (C=O) groups is 1. The fourth-order valence-electron chi connectivity index (χ4n) is 1.99. The van der Waals surface area contributed by atoms with Crippen LogP contribution in [-0.4, -0.2) is 41.6 Å². The lowest BCUT2D eigenvalue weighted by atomic mass is 10.4. The van der Waals surface area contributed by atoms with Gasteiger partial charge in [-0.1, -0.05) is 11.8 Å². The molecule has 0 unspecified atom stereocenters. The van der Waals surface area contributed by atoms with Crippen LogP contribution in [0.1, 0.15) is 11.5 Å². The van der Waals surface area contributed by atoms with Gasteiger partial charge >= 0.3 is 0 Å². The summed E-state index contributed by atoms with van der Waals surface area (Å²) < 4.78 is 8.48. The highest BCUT2D eigenvalue weighted by Gasteiger charge is 2.12. The van der Waals surface area contributed by atoms with Gasteiger partial charge in [-0.2, -0.15) is 5.10 Å². The number of anilines is 1. The van der Waals surface area contributed by atoms with E-state index in [2.05, 4.69) is 25.9 Å². The maximum absolute atomic E-state index is 12.0. The Bertz CT molecular complexity index is 793. The molecule has 0 spiro atoms. The zero-order valence-corrected chi connectivity index (χ0v) is 13.4. The fraction of sp³-hybridized carbons (Fsp3) is 0.308. The van der Waals surface area contributed by atoms with Crippen LogP contribution in [-0.2, 0) is 18.4 Å². The second kappa shape index (κ2) is 6.65. The Balaban J connectivity index is 1.57. The molecule has 0 aromatic carbocycles. The van der Waals surface area contributed by atoms with Gasteiger partial charge in [0.1, 0.15) is 18.1 Å². The topological polar surface area (TPSA) is 104 Å². The van der Waals surface area contributed by atoms with Crippen LogP contribution in [0.4, 0.5) is 5.82 Å². The first-order valence-electron chi connectivity index (χ1n) is 6.83. The highest BCUT2D eigenvalue weighted by atomic mass is 32.2. The second-order valence-electron chi connectivity index (χ2n) is 4.83. The molecule has 0 atom stereocenters. The summed E-state index contributed by atoms with van der Waals surface area (Å²) in [6.45, 7) is 2.29. The Hall–Kier alpha value is -2.62. The molecule has 0 saturated heterocycles. The third-order valence-corrected chi connectivity index (χ3v) is 3.94. The van der Waals surface area contributed by atoms with Crippen molar-refractivity contribution in [2.75, 3.05) is 11.1 Å². The van der Waals surface area contributed by atoms with E-state index in [0.717, 1.165) is 11.5 Å². The maximum Gasteiger partial charge on any atom is 0.235 e. The van der Waals surface area contributed by atoms with E-state index in [-0.39, 0.29) is 11.7 Å². The first-order chi connectivity index (χ1) is 11.1. The molecule has 3 aromatic rings. The molecule has 3 aromatic heterocycles. The lowest BCUT2D eigenvalue weighted by molar-refractivity contribution is -0.113. The van der Waals surface area contributed by atoms with Gasteiger partial charge in [0.2, 0.25) is 11.1 Å². The van der Waals surface area contributed by atoms with Crippen molar-refractivity contribution in [1.82, 2.24) is 30.0 Å². The first kappa shape index (κ1) is 15.3. The molecule has 120 valence electrons. The molecule has 10 heteroatoms. The van der Waals surface area contributed by atoms with Crippen LogP contribution in [0.2, 0.25) is 0 Å². The number of tetrazole rings is 1. The first-order valence-corrected chi connectivity index (χ1v) is 7.82. The number of furan rings is 1. The van der Waals surface area contributed by atoms with Crippen molar-refractivity contribution in [2.24, 2.45) is 7.05 Å². The number of thioether (sulfide) groups is 1. The third-order valence-electron chi connectivity index (χ3n) is 2.99. The number of nitrogens with one attached hydrogen (secondary N) is 1. The molecule has 0 aliphatic heterocycles. The molecule has 0 aliphatic rings. The van der Waals surface area contributed by atoms with Crippen LogP contribution in [0, 0.1) is 6.92 Å². The van der Waals surface area contributed by atoms with Crippen LogP contribution in [0.15, 0.2) is 34.0 Å². The predicted molar refractivity (Wildman–Crippen MR) is 82.9 cm³/mol. The van der Waals surface area contributed by atoms with Gasteiger partial charge in [-0.05, 0) is 29.5 Å². The smallest absolute Gasteiger partial charge is 0.235 e. The number of rotatable bonds is 6. The van der Waals surface area contributed by atoms with Crippen LogP contribution in [0.25, 0.3) is 0 Å². The van der Waals surface area contributed by atoms with Gasteiger partial charge in [0.05, 0.1) is 17.7 Å². The molecule has 9 nitrogen and oxygen atoms in total. The molecule has 0 radical (unpaired) electrons. The number of aryl methyl sites for hydroxylation is 2. The average Bonchev–Trinajstić information content (AvgIpc) is 3.21. The normalized spacial score (nSPS) is 10.9. The van der Waals surface area contributed by atoms with Gasteiger partial charge in [-0.15, -0.1) is 5.10 Å². The summed E-state index contributed by atoms with van der Waals surface area (Å²) in [4.78, 5) is 12.0. The van der Waals surface area contributed by atoms with Gasteiger partial charge in [0, 0.05) is 13.1 Å². The van der Waals surface area contributed by atoms with Gasteiger partial charge in [-0.25, -0.2) is 4.68 Å². The number of amides is 1. The molecule has 0 bridgehead atoms. The predicted octanol–water partition coefficient (Wildman–Crippen LogP) is 1.09. The summed E-state index contributed by atoms with van der Waals surface area (Å²) in [6.07, 6.45) is 1.59. The molecular weight excluding hydrogens is 318 g/mol. The van der Waals surface area contributed by atoms with Crippen molar-refractivity contribution in [1.29, 1.82) is 0 Å². The van der Waals surface area contributed by atoms with E-state index in [1.54, 1.807) is 28.7 Å². The lowest BCUT2D eigenvalue weighted by Gasteiger charge is -2.05. The van der Waals surface area contributed by atoms with E-state index in [4.69, 9.17) is 4.42 Å². The second-order valence-corrected chi connectivity index (χ2v) is 5.77. The van der Waals surface area contributed by atoms with E-state index < -0.39 is 0 Å². The maximum atomic E-state index is 12.0. The number of nitrogens with zero attached hydrogens (tertiary/aromatic N) is 6. The molecule has 0 fully saturated rings. The van der Waals surface area contributed by atoms with Crippen molar-refractivity contribution >= 4 is 23.5 Å². The van der Waals surface area contributed by atoms with E-state index in [0.29, 0.717) is 17.5 Å². The molecule has 0 saturated carbocycles. The van der Waals surface area contributed by atoms with Gasteiger partial charge in [0.15, 0.2) is 0 Å². The quantitative estimate of drug-likeness (QED) is 0.673. The Kier molecular flexibility index (Phi) is 4.42. The molecule has 3 heterocycles. The Morgan fingerprint density at radius 1 is 1.48 bits per heavy atom. The summed E-state index contributed by atoms with van der Waals surface area (Å²) in [5.74, 6) is 1.45. The van der Waals surface area contributed by atoms with Crippen LogP contribution in [0.3, 0.4) is 0 Å². The Morgan fingerprint density at radius 3 is 3.04 bits per heavy atom. The minimum Gasteiger partial charge on any atom is -0.467 e. The molecule has 23 heavy (non-hydrogen) atoms. The molecule has 0 aliphatic carbocycles. The van der Waals surface area contributed by atoms with Crippen LogP contribution < -0.4 is 5.32 Å². The zero-order chi connectivity index (χ0) is 16.2. The average molecular weight is 333 g/mol. The highest BCUT2D eigenvalue weighted by Crippen LogP contribution is 2.16. The number of aromatic nitrogens is 6. The minimum atomic E-state index is -0.148. The SMILES string of the molecule is Cc1cc(NC(=O)CSc2nnnn2Cc2ccco2)n(C)n1. The molecule has 3 rings (SSSR count). The molecule has 1 amide bonds. The zero-order valence-electron chi connectivity index (χ0n) is 12.6. The van der Waals surface area contributed by atoms with Crippen molar-refractivity contribution < 1.29 is 9.21 Å². The number of hydrogen-bond donors (Lipinski definition) is 1. The van der Waals surface area contributed by atoms with Crippen LogP contribution >= 0.6 is 11.8 Å². The summed E-state index contributed by atoms with van der Waals surface area (Å²) in [6, 6.07) is 5.45. The lowest BCUT2D eigenvalue weighted by Crippen LogP contribution is -2.17. The van der Waals surface area contributed by atoms with Gasteiger partial charge in [-0.3, -0.25) is 9.48 Å². The van der Waals surface area contributed by atoms with E-state index >= 15 is 0 Å². The summed E-state index contributed by atoms with van der Waals surface area (Å²) in [7, 11) is 1.78.